The second kappa shape index (κ2) is 5.56. The number of rotatable bonds is 5. The lowest BCUT2D eigenvalue weighted by Gasteiger charge is -2.28. The third-order valence-electron chi connectivity index (χ3n) is 4.90. The Balaban J connectivity index is 2.07. The van der Waals surface area contributed by atoms with E-state index in [2.05, 4.69) is 25.9 Å². The van der Waals surface area contributed by atoms with E-state index < -0.39 is 5.54 Å². The normalized spacial score (nSPS) is 26.1. The first-order valence-electron chi connectivity index (χ1n) is 7.51. The van der Waals surface area contributed by atoms with Gasteiger partial charge in [-0.2, -0.15) is 5.10 Å². The smallest absolute Gasteiger partial charge is 0.237 e. The van der Waals surface area contributed by atoms with Crippen LogP contribution in [0.4, 0.5) is 0 Å². The van der Waals surface area contributed by atoms with Crippen molar-refractivity contribution in [3.8, 4) is 0 Å². The molecule has 1 aromatic heterocycles. The van der Waals surface area contributed by atoms with Gasteiger partial charge in [0.2, 0.25) is 5.91 Å². The highest BCUT2D eigenvalue weighted by atomic mass is 16.1. The molecular weight excluding hydrogens is 252 g/mol. The second-order valence-corrected chi connectivity index (χ2v) is 6.01. The van der Waals surface area contributed by atoms with Crippen LogP contribution in [-0.4, -0.2) is 21.2 Å². The molecule has 1 aliphatic carbocycles. The van der Waals surface area contributed by atoms with E-state index in [1.807, 2.05) is 4.68 Å². The molecule has 20 heavy (non-hydrogen) atoms. The van der Waals surface area contributed by atoms with Crippen LogP contribution in [0, 0.1) is 19.8 Å². The monoisotopic (exact) mass is 278 g/mol. The van der Waals surface area contributed by atoms with E-state index in [1.54, 1.807) is 0 Å². The summed E-state index contributed by atoms with van der Waals surface area (Å²) in [6, 6.07) is 0. The first-order chi connectivity index (χ1) is 9.40. The summed E-state index contributed by atoms with van der Waals surface area (Å²) in [6.07, 6.45) is 4.55. The number of aromatic nitrogens is 2. The van der Waals surface area contributed by atoms with Gasteiger partial charge in [-0.05, 0) is 51.0 Å². The summed E-state index contributed by atoms with van der Waals surface area (Å²) >= 11 is 0. The van der Waals surface area contributed by atoms with Crippen LogP contribution < -0.4 is 11.5 Å². The molecule has 0 radical (unpaired) electrons. The molecule has 4 N–H and O–H groups in total. The van der Waals surface area contributed by atoms with Crippen molar-refractivity contribution in [1.82, 2.24) is 9.78 Å². The van der Waals surface area contributed by atoms with Crippen LogP contribution in [0.15, 0.2) is 0 Å². The molecule has 0 aliphatic heterocycles. The minimum Gasteiger partial charge on any atom is -0.368 e. The molecule has 0 saturated heterocycles. The van der Waals surface area contributed by atoms with Crippen molar-refractivity contribution in [2.45, 2.75) is 65.0 Å². The maximum absolute atomic E-state index is 11.6. The Morgan fingerprint density at radius 3 is 2.75 bits per heavy atom. The van der Waals surface area contributed by atoms with Gasteiger partial charge in [0.1, 0.15) is 0 Å². The number of nitrogens with two attached hydrogens (primary N) is 2. The van der Waals surface area contributed by atoms with Gasteiger partial charge in [-0.3, -0.25) is 9.48 Å². The molecule has 1 aromatic rings. The summed E-state index contributed by atoms with van der Waals surface area (Å²) in [6.45, 7) is 7.12. The predicted molar refractivity (Wildman–Crippen MR) is 79.1 cm³/mol. The molecular formula is C15H26N4O. The summed E-state index contributed by atoms with van der Waals surface area (Å²) in [7, 11) is 0. The molecule has 1 fully saturated rings. The quantitative estimate of drug-likeness (QED) is 0.854. The maximum Gasteiger partial charge on any atom is 0.237 e. The van der Waals surface area contributed by atoms with Crippen LogP contribution in [0.5, 0.6) is 0 Å². The lowest BCUT2D eigenvalue weighted by atomic mass is 9.85. The Hall–Kier alpha value is -1.36. The van der Waals surface area contributed by atoms with E-state index in [9.17, 15) is 4.79 Å². The number of carbonyl (C=O) groups is 1. The van der Waals surface area contributed by atoms with Crippen LogP contribution >= 0.6 is 0 Å². The van der Waals surface area contributed by atoms with E-state index in [0.29, 0.717) is 6.42 Å². The maximum atomic E-state index is 11.6. The zero-order valence-electron chi connectivity index (χ0n) is 12.8. The summed E-state index contributed by atoms with van der Waals surface area (Å²) in [5, 5.41) is 4.59. The number of primary amides is 1. The third-order valence-corrected chi connectivity index (χ3v) is 4.90. The van der Waals surface area contributed by atoms with Gasteiger partial charge in [-0.1, -0.05) is 13.3 Å². The Bertz CT molecular complexity index is 508. The van der Waals surface area contributed by atoms with Crippen molar-refractivity contribution >= 4 is 5.91 Å². The zero-order valence-corrected chi connectivity index (χ0v) is 12.8. The van der Waals surface area contributed by atoms with Gasteiger partial charge in [-0.15, -0.1) is 0 Å². The van der Waals surface area contributed by atoms with Crippen molar-refractivity contribution in [1.29, 1.82) is 0 Å². The molecule has 1 saturated carbocycles. The molecule has 1 aliphatic rings. The summed E-state index contributed by atoms with van der Waals surface area (Å²) in [5.74, 6) is -0.184. The SMILES string of the molecule is CCc1c(C)nn(CCC2CCCC2(N)C(N)=O)c1C. The predicted octanol–water partition coefficient (Wildman–Crippen LogP) is 1.44. The Labute approximate surface area is 120 Å². The number of nitrogens with zero attached hydrogens (tertiary/aromatic N) is 2. The minimum absolute atomic E-state index is 0.175. The lowest BCUT2D eigenvalue weighted by molar-refractivity contribution is -0.124. The molecule has 0 aromatic carbocycles. The molecule has 2 unspecified atom stereocenters. The van der Waals surface area contributed by atoms with Crippen LogP contribution in [0.25, 0.3) is 0 Å². The fourth-order valence-electron chi connectivity index (χ4n) is 3.57. The van der Waals surface area contributed by atoms with Crippen molar-refractivity contribution in [3.05, 3.63) is 17.0 Å². The summed E-state index contributed by atoms with van der Waals surface area (Å²) in [4.78, 5) is 11.6. The van der Waals surface area contributed by atoms with Crippen LogP contribution in [-0.2, 0) is 17.8 Å². The van der Waals surface area contributed by atoms with Crippen molar-refractivity contribution in [3.63, 3.8) is 0 Å². The number of hydrogen-bond donors (Lipinski definition) is 2. The minimum atomic E-state index is -0.816. The van der Waals surface area contributed by atoms with E-state index in [4.69, 9.17) is 11.5 Å². The highest BCUT2D eigenvalue weighted by molar-refractivity contribution is 5.85. The molecule has 1 heterocycles. The zero-order chi connectivity index (χ0) is 14.9. The highest BCUT2D eigenvalue weighted by Gasteiger charge is 2.43. The number of carbonyl (C=O) groups excluding carboxylic acids is 1. The molecule has 2 rings (SSSR count). The average Bonchev–Trinajstić information content (AvgIpc) is 2.89. The second-order valence-electron chi connectivity index (χ2n) is 6.01. The van der Waals surface area contributed by atoms with Gasteiger partial charge in [0.05, 0.1) is 11.2 Å². The van der Waals surface area contributed by atoms with Crippen LogP contribution in [0.2, 0.25) is 0 Å². The Morgan fingerprint density at radius 1 is 1.50 bits per heavy atom. The highest BCUT2D eigenvalue weighted by Crippen LogP contribution is 2.36. The Kier molecular flexibility index (Phi) is 4.18. The summed E-state index contributed by atoms with van der Waals surface area (Å²) in [5.41, 5.74) is 14.5. The van der Waals surface area contributed by atoms with Gasteiger partial charge < -0.3 is 11.5 Å². The van der Waals surface area contributed by atoms with E-state index in [-0.39, 0.29) is 11.8 Å². The Morgan fingerprint density at radius 2 is 2.20 bits per heavy atom. The van der Waals surface area contributed by atoms with Gasteiger partial charge in [0.25, 0.3) is 0 Å². The average molecular weight is 278 g/mol. The number of aryl methyl sites for hydroxylation is 2. The standard InChI is InChI=1S/C15H26N4O/c1-4-13-10(2)18-19(11(13)3)9-7-12-6-5-8-15(12,17)14(16)20/h12H,4-9,17H2,1-3H3,(H2,16,20). The summed E-state index contributed by atoms with van der Waals surface area (Å²) < 4.78 is 2.05. The first kappa shape index (κ1) is 15.0. The number of amides is 1. The van der Waals surface area contributed by atoms with Crippen molar-refractivity contribution < 1.29 is 4.79 Å². The molecule has 5 nitrogen and oxygen atoms in total. The van der Waals surface area contributed by atoms with Gasteiger partial charge in [0.15, 0.2) is 0 Å². The molecule has 2 atom stereocenters. The molecule has 5 heteroatoms. The lowest BCUT2D eigenvalue weighted by Crippen LogP contribution is -2.54. The first-order valence-corrected chi connectivity index (χ1v) is 7.51. The van der Waals surface area contributed by atoms with E-state index in [0.717, 1.165) is 37.9 Å². The topological polar surface area (TPSA) is 86.9 Å². The fraction of sp³-hybridized carbons (Fsp3) is 0.733. The number of hydrogen-bond acceptors (Lipinski definition) is 3. The van der Waals surface area contributed by atoms with Crippen molar-refractivity contribution in [2.24, 2.45) is 17.4 Å². The fourth-order valence-corrected chi connectivity index (χ4v) is 3.57. The molecule has 1 amide bonds. The van der Waals surface area contributed by atoms with Gasteiger partial charge in [-0.25, -0.2) is 0 Å². The van der Waals surface area contributed by atoms with E-state index >= 15 is 0 Å². The van der Waals surface area contributed by atoms with Crippen LogP contribution in [0.1, 0.15) is 49.6 Å². The molecule has 0 bridgehead atoms. The third kappa shape index (κ3) is 2.46. The molecule has 112 valence electrons. The van der Waals surface area contributed by atoms with E-state index in [1.165, 1.54) is 11.3 Å². The van der Waals surface area contributed by atoms with Crippen molar-refractivity contribution in [2.75, 3.05) is 0 Å². The van der Waals surface area contributed by atoms with Gasteiger partial charge in [0, 0.05) is 12.2 Å². The van der Waals surface area contributed by atoms with Crippen LogP contribution in [0.3, 0.4) is 0 Å². The van der Waals surface area contributed by atoms with Gasteiger partial charge >= 0.3 is 0 Å². The largest absolute Gasteiger partial charge is 0.368 e. The molecule has 0 spiro atoms.